The van der Waals surface area contributed by atoms with E-state index in [1.54, 1.807) is 0 Å². The van der Waals surface area contributed by atoms with E-state index in [-0.39, 0.29) is 30.0 Å². The van der Waals surface area contributed by atoms with E-state index in [0.717, 1.165) is 22.5 Å². The smallest absolute Gasteiger partial charge is 0.393 e. The Hall–Kier alpha value is -1.35. The minimum absolute atomic E-state index is 0.00820. The molecule has 0 spiro atoms. The number of piperidine rings is 1. The molecule has 1 aromatic carbocycles. The van der Waals surface area contributed by atoms with Gasteiger partial charge in [-0.25, -0.2) is 12.8 Å². The highest BCUT2D eigenvalue weighted by Gasteiger charge is 2.44. The number of nitrogens with zero attached hydrogens (tertiary/aromatic N) is 1. The lowest BCUT2D eigenvalue weighted by Gasteiger charge is -2.33. The van der Waals surface area contributed by atoms with Crippen LogP contribution in [0.2, 0.25) is 0 Å². The lowest BCUT2D eigenvalue weighted by atomic mass is 9.99. The first-order chi connectivity index (χ1) is 9.62. The molecule has 21 heavy (non-hydrogen) atoms. The molecule has 1 fully saturated rings. The zero-order valence-electron chi connectivity index (χ0n) is 10.9. The Balaban J connectivity index is 2.31. The molecule has 1 saturated heterocycles. The Morgan fingerprint density at radius 1 is 1.29 bits per heavy atom. The van der Waals surface area contributed by atoms with Crippen molar-refractivity contribution >= 4 is 15.7 Å². The van der Waals surface area contributed by atoms with Crippen molar-refractivity contribution in [1.82, 2.24) is 4.31 Å². The van der Waals surface area contributed by atoms with Crippen molar-refractivity contribution < 1.29 is 26.0 Å². The average Bonchev–Trinajstić information content (AvgIpc) is 2.37. The Kier molecular flexibility index (Phi) is 4.16. The number of nitrogens with two attached hydrogens (primary N) is 1. The van der Waals surface area contributed by atoms with E-state index >= 15 is 0 Å². The second kappa shape index (κ2) is 5.45. The highest BCUT2D eigenvalue weighted by Crippen LogP contribution is 2.35. The highest BCUT2D eigenvalue weighted by molar-refractivity contribution is 7.89. The van der Waals surface area contributed by atoms with Crippen LogP contribution in [0.5, 0.6) is 0 Å². The summed E-state index contributed by atoms with van der Waals surface area (Å²) in [5.41, 5.74) is 5.15. The molecule has 118 valence electrons. The van der Waals surface area contributed by atoms with Crippen LogP contribution in [-0.2, 0) is 10.0 Å². The van der Waals surface area contributed by atoms with Crippen molar-refractivity contribution in [2.75, 3.05) is 18.8 Å². The number of hydrogen-bond acceptors (Lipinski definition) is 3. The van der Waals surface area contributed by atoms with Gasteiger partial charge in [-0.15, -0.1) is 0 Å². The van der Waals surface area contributed by atoms with Crippen LogP contribution in [0, 0.1) is 11.7 Å². The van der Waals surface area contributed by atoms with Gasteiger partial charge in [-0.3, -0.25) is 0 Å². The van der Waals surface area contributed by atoms with Crippen LogP contribution in [-0.4, -0.2) is 32.0 Å². The summed E-state index contributed by atoms with van der Waals surface area (Å²) in [6, 6.07) is 2.71. The van der Waals surface area contributed by atoms with Gasteiger partial charge in [-0.2, -0.15) is 17.5 Å². The van der Waals surface area contributed by atoms with E-state index in [1.165, 1.54) is 0 Å². The fourth-order valence-electron chi connectivity index (χ4n) is 2.32. The molecule has 0 aliphatic carbocycles. The summed E-state index contributed by atoms with van der Waals surface area (Å²) in [6.45, 7) is -0.644. The predicted molar refractivity (Wildman–Crippen MR) is 68.4 cm³/mol. The topological polar surface area (TPSA) is 63.4 Å². The number of anilines is 1. The van der Waals surface area contributed by atoms with Gasteiger partial charge in [0, 0.05) is 13.1 Å². The van der Waals surface area contributed by atoms with Crippen LogP contribution >= 0.6 is 0 Å². The van der Waals surface area contributed by atoms with Crippen molar-refractivity contribution in [2.24, 2.45) is 5.92 Å². The third kappa shape index (κ3) is 3.29. The molecular formula is C12H14F4N2O2S. The van der Waals surface area contributed by atoms with Gasteiger partial charge in [-0.1, -0.05) is 0 Å². The number of alkyl halides is 3. The number of hydrogen-bond donors (Lipinski definition) is 1. The van der Waals surface area contributed by atoms with Gasteiger partial charge in [0.15, 0.2) is 0 Å². The Labute approximate surface area is 119 Å². The Bertz CT molecular complexity index is 631. The second-order valence-electron chi connectivity index (χ2n) is 4.93. The van der Waals surface area contributed by atoms with Gasteiger partial charge in [-0.05, 0) is 31.0 Å². The van der Waals surface area contributed by atoms with Gasteiger partial charge in [0.1, 0.15) is 10.7 Å². The molecule has 2 N–H and O–H groups in total. The zero-order chi connectivity index (χ0) is 15.8. The first-order valence-electron chi connectivity index (χ1n) is 6.24. The summed E-state index contributed by atoms with van der Waals surface area (Å²) in [4.78, 5) is -0.369. The number of rotatable bonds is 2. The number of halogens is 4. The van der Waals surface area contributed by atoms with Crippen molar-refractivity contribution in [3.05, 3.63) is 24.0 Å². The minimum atomic E-state index is -4.44. The molecule has 2 rings (SSSR count). The molecule has 0 saturated carbocycles. The molecule has 1 aromatic rings. The van der Waals surface area contributed by atoms with Crippen LogP contribution in [0.4, 0.5) is 23.2 Å². The Morgan fingerprint density at radius 3 is 2.52 bits per heavy atom. The first kappa shape index (κ1) is 16.0. The van der Waals surface area contributed by atoms with Gasteiger partial charge >= 0.3 is 6.18 Å². The van der Waals surface area contributed by atoms with Gasteiger partial charge < -0.3 is 5.73 Å². The molecule has 1 heterocycles. The maximum Gasteiger partial charge on any atom is 0.393 e. The maximum absolute atomic E-state index is 13.0. The van der Waals surface area contributed by atoms with E-state index in [4.69, 9.17) is 5.73 Å². The number of sulfonamides is 1. The third-order valence-corrected chi connectivity index (χ3v) is 5.38. The third-order valence-electron chi connectivity index (χ3n) is 3.44. The standard InChI is InChI=1S/C12H14F4N2O2S/c13-9-3-4-11(10(17)6-9)21(19,20)18-5-1-2-8(7-18)12(14,15)16/h3-4,6,8H,1-2,5,7,17H2. The van der Waals surface area contributed by atoms with Gasteiger partial charge in [0.25, 0.3) is 0 Å². The van der Waals surface area contributed by atoms with E-state index in [9.17, 15) is 26.0 Å². The average molecular weight is 326 g/mol. The molecular weight excluding hydrogens is 312 g/mol. The molecule has 1 aliphatic rings. The lowest BCUT2D eigenvalue weighted by molar-refractivity contribution is -0.182. The van der Waals surface area contributed by atoms with Crippen molar-refractivity contribution in [1.29, 1.82) is 0 Å². The van der Waals surface area contributed by atoms with E-state index in [2.05, 4.69) is 0 Å². The summed E-state index contributed by atoms with van der Waals surface area (Å²) in [5.74, 6) is -2.40. The normalized spacial score (nSPS) is 21.4. The minimum Gasteiger partial charge on any atom is -0.398 e. The fourth-order valence-corrected chi connectivity index (χ4v) is 3.94. The number of nitrogen functional groups attached to an aromatic ring is 1. The van der Waals surface area contributed by atoms with Crippen LogP contribution < -0.4 is 5.73 Å². The highest BCUT2D eigenvalue weighted by atomic mass is 32.2. The van der Waals surface area contributed by atoms with Crippen LogP contribution in [0.15, 0.2) is 23.1 Å². The monoisotopic (exact) mass is 326 g/mol. The summed E-state index contributed by atoms with van der Waals surface area (Å²) in [7, 11) is -4.16. The van der Waals surface area contributed by atoms with Crippen LogP contribution in [0.1, 0.15) is 12.8 Å². The van der Waals surface area contributed by atoms with Gasteiger partial charge in [0.2, 0.25) is 10.0 Å². The van der Waals surface area contributed by atoms with E-state index < -0.39 is 34.5 Å². The second-order valence-corrected chi connectivity index (χ2v) is 6.83. The summed E-state index contributed by atoms with van der Waals surface area (Å²) in [6.07, 6.45) is -4.43. The van der Waals surface area contributed by atoms with Crippen molar-refractivity contribution in [3.8, 4) is 0 Å². The number of benzene rings is 1. The fraction of sp³-hybridized carbons (Fsp3) is 0.500. The summed E-state index contributed by atoms with van der Waals surface area (Å²) >= 11 is 0. The largest absolute Gasteiger partial charge is 0.398 e. The van der Waals surface area contributed by atoms with Crippen LogP contribution in [0.25, 0.3) is 0 Å². The molecule has 1 aliphatic heterocycles. The molecule has 0 bridgehead atoms. The van der Waals surface area contributed by atoms with Crippen molar-refractivity contribution in [2.45, 2.75) is 23.9 Å². The van der Waals surface area contributed by atoms with E-state index in [0.29, 0.717) is 0 Å². The molecule has 0 radical (unpaired) electrons. The maximum atomic E-state index is 13.0. The molecule has 9 heteroatoms. The molecule has 0 amide bonds. The quantitative estimate of drug-likeness (QED) is 0.670. The first-order valence-corrected chi connectivity index (χ1v) is 7.68. The van der Waals surface area contributed by atoms with Crippen molar-refractivity contribution in [3.63, 3.8) is 0 Å². The van der Waals surface area contributed by atoms with Crippen LogP contribution in [0.3, 0.4) is 0 Å². The summed E-state index contributed by atoms with van der Waals surface area (Å²) < 4.78 is 76.6. The molecule has 4 nitrogen and oxygen atoms in total. The lowest BCUT2D eigenvalue weighted by Crippen LogP contribution is -2.44. The zero-order valence-corrected chi connectivity index (χ0v) is 11.7. The van der Waals surface area contributed by atoms with Gasteiger partial charge in [0.05, 0.1) is 11.6 Å². The molecule has 1 atom stereocenters. The molecule has 1 unspecified atom stereocenters. The predicted octanol–water partition coefficient (Wildman–Crippen LogP) is 2.37. The summed E-state index contributed by atoms with van der Waals surface area (Å²) in [5, 5.41) is 0. The van der Waals surface area contributed by atoms with E-state index in [1.807, 2.05) is 0 Å². The SMILES string of the molecule is Nc1cc(F)ccc1S(=O)(=O)N1CCCC(C(F)(F)F)C1. The Morgan fingerprint density at radius 2 is 1.95 bits per heavy atom. The molecule has 0 aromatic heterocycles.